The fraction of sp³-hybridized carbons (Fsp3) is 0.231. The van der Waals surface area contributed by atoms with Gasteiger partial charge in [0.25, 0.3) is 0 Å². The normalized spacial score (nSPS) is 10.5. The number of aromatic nitrogens is 1. The van der Waals surface area contributed by atoms with Crippen LogP contribution in [0.25, 0.3) is 10.9 Å². The van der Waals surface area contributed by atoms with Crippen molar-refractivity contribution in [2.45, 2.75) is 13.8 Å². The predicted octanol–water partition coefficient (Wildman–Crippen LogP) is 2.61. The van der Waals surface area contributed by atoms with E-state index in [1.165, 1.54) is 6.20 Å². The number of fused-ring (bicyclic) bond motifs is 1. The van der Waals surface area contributed by atoms with Gasteiger partial charge in [-0.3, -0.25) is 10.8 Å². The predicted molar refractivity (Wildman–Crippen MR) is 83.0 cm³/mol. The first-order chi connectivity index (χ1) is 9.10. The molecule has 0 unspecified atom stereocenters. The van der Waals surface area contributed by atoms with Crippen LogP contribution in [-0.4, -0.2) is 17.6 Å². The largest absolute Gasteiger partial charge is 0.462 e. The van der Waals surface area contributed by atoms with E-state index in [4.69, 9.17) is 10.6 Å². The van der Waals surface area contributed by atoms with Crippen LogP contribution in [0.5, 0.6) is 0 Å². The first-order valence-electron chi connectivity index (χ1n) is 5.81. The summed E-state index contributed by atoms with van der Waals surface area (Å²) in [6.45, 7) is 4.04. The highest BCUT2D eigenvalue weighted by Crippen LogP contribution is 2.31. The van der Waals surface area contributed by atoms with E-state index in [2.05, 4.69) is 33.0 Å². The second-order valence-electron chi connectivity index (χ2n) is 4.00. The van der Waals surface area contributed by atoms with E-state index in [1.807, 2.05) is 19.1 Å². The zero-order valence-electron chi connectivity index (χ0n) is 10.7. The topological polar surface area (TPSA) is 77.2 Å². The van der Waals surface area contributed by atoms with Crippen molar-refractivity contribution in [1.29, 1.82) is 0 Å². The molecule has 0 aliphatic carbocycles. The number of nitrogens with zero attached hydrogens (tertiary/aromatic N) is 1. The molecule has 0 saturated carbocycles. The highest BCUT2D eigenvalue weighted by Gasteiger charge is 2.18. The molecule has 1 aromatic carbocycles. The van der Waals surface area contributed by atoms with Crippen LogP contribution in [0.15, 0.2) is 18.3 Å². The van der Waals surface area contributed by atoms with E-state index in [-0.39, 0.29) is 0 Å². The summed E-state index contributed by atoms with van der Waals surface area (Å²) in [5.41, 5.74) is 5.36. The minimum atomic E-state index is -0.429. The van der Waals surface area contributed by atoms with Crippen molar-refractivity contribution in [1.82, 2.24) is 4.98 Å². The number of carbonyl (C=O) groups excluding carboxylic acids is 1. The number of hydrazine groups is 1. The summed E-state index contributed by atoms with van der Waals surface area (Å²) >= 11 is 2.20. The Hall–Kier alpha value is -1.41. The van der Waals surface area contributed by atoms with Gasteiger partial charge in [0.2, 0.25) is 0 Å². The second kappa shape index (κ2) is 5.70. The van der Waals surface area contributed by atoms with E-state index in [9.17, 15) is 4.79 Å². The van der Waals surface area contributed by atoms with Crippen molar-refractivity contribution in [2.24, 2.45) is 5.84 Å². The lowest BCUT2D eigenvalue weighted by Crippen LogP contribution is -2.15. The lowest BCUT2D eigenvalue weighted by atomic mass is 10.1. The SMILES string of the molecule is CCOC(=O)c1cnc2c(C)ccc(I)c2c1NN. The maximum Gasteiger partial charge on any atom is 0.341 e. The maximum atomic E-state index is 11.9. The van der Waals surface area contributed by atoms with Gasteiger partial charge in [0.05, 0.1) is 17.8 Å². The molecule has 6 heteroatoms. The van der Waals surface area contributed by atoms with Gasteiger partial charge in [-0.25, -0.2) is 4.79 Å². The number of nitrogens with two attached hydrogens (primary N) is 1. The molecular weight excluding hydrogens is 357 g/mol. The average Bonchev–Trinajstić information content (AvgIpc) is 2.41. The molecule has 1 heterocycles. The Bertz CT molecular complexity index is 643. The molecule has 19 heavy (non-hydrogen) atoms. The Labute approximate surface area is 124 Å². The number of esters is 1. The molecule has 0 spiro atoms. The molecule has 0 saturated heterocycles. The molecule has 100 valence electrons. The first kappa shape index (κ1) is 14.0. The molecule has 0 aliphatic heterocycles. The number of aryl methyl sites for hydroxylation is 1. The smallest absolute Gasteiger partial charge is 0.341 e. The third-order valence-electron chi connectivity index (χ3n) is 2.81. The molecule has 3 N–H and O–H groups in total. The average molecular weight is 371 g/mol. The Balaban J connectivity index is 2.76. The van der Waals surface area contributed by atoms with Crippen LogP contribution in [-0.2, 0) is 4.74 Å². The Morgan fingerprint density at radius 3 is 2.89 bits per heavy atom. The standard InChI is InChI=1S/C13H14IN3O2/c1-3-19-13(18)8-6-16-11-7(2)4-5-9(14)10(11)12(8)17-15/h4-6H,3,15H2,1-2H3,(H,16,17). The van der Waals surface area contributed by atoms with Gasteiger partial charge in [-0.15, -0.1) is 0 Å². The van der Waals surface area contributed by atoms with Gasteiger partial charge < -0.3 is 10.2 Å². The third-order valence-corrected chi connectivity index (χ3v) is 3.71. The van der Waals surface area contributed by atoms with Crippen LogP contribution in [0.3, 0.4) is 0 Å². The van der Waals surface area contributed by atoms with E-state index < -0.39 is 5.97 Å². The van der Waals surface area contributed by atoms with E-state index >= 15 is 0 Å². The molecule has 5 nitrogen and oxygen atoms in total. The number of rotatable bonds is 3. The number of anilines is 1. The van der Waals surface area contributed by atoms with Gasteiger partial charge in [-0.2, -0.15) is 0 Å². The van der Waals surface area contributed by atoms with Gasteiger partial charge in [-0.05, 0) is 48.1 Å². The van der Waals surface area contributed by atoms with Crippen molar-refractivity contribution in [3.8, 4) is 0 Å². The fourth-order valence-electron chi connectivity index (χ4n) is 1.92. The van der Waals surface area contributed by atoms with E-state index in [0.29, 0.717) is 17.9 Å². The van der Waals surface area contributed by atoms with Gasteiger partial charge in [0.15, 0.2) is 0 Å². The molecule has 0 aliphatic rings. The number of carbonyl (C=O) groups is 1. The highest BCUT2D eigenvalue weighted by atomic mass is 127. The Morgan fingerprint density at radius 1 is 1.53 bits per heavy atom. The number of hydrogen-bond acceptors (Lipinski definition) is 5. The Kier molecular flexibility index (Phi) is 4.20. The van der Waals surface area contributed by atoms with Crippen molar-refractivity contribution in [2.75, 3.05) is 12.0 Å². The minimum absolute atomic E-state index is 0.311. The summed E-state index contributed by atoms with van der Waals surface area (Å²) in [7, 11) is 0. The van der Waals surface area contributed by atoms with Crippen molar-refractivity contribution < 1.29 is 9.53 Å². The summed E-state index contributed by atoms with van der Waals surface area (Å²) in [4.78, 5) is 16.3. The molecule has 0 amide bonds. The second-order valence-corrected chi connectivity index (χ2v) is 5.16. The summed E-state index contributed by atoms with van der Waals surface area (Å²) in [6.07, 6.45) is 1.50. The number of nitrogen functional groups attached to an aromatic ring is 1. The van der Waals surface area contributed by atoms with Gasteiger partial charge in [0, 0.05) is 15.2 Å². The maximum absolute atomic E-state index is 11.9. The number of pyridine rings is 1. The third kappa shape index (κ3) is 2.50. The summed E-state index contributed by atoms with van der Waals surface area (Å²) in [5, 5.41) is 0.841. The zero-order chi connectivity index (χ0) is 14.0. The summed E-state index contributed by atoms with van der Waals surface area (Å²) in [6, 6.07) is 3.96. The Morgan fingerprint density at radius 2 is 2.26 bits per heavy atom. The van der Waals surface area contributed by atoms with Crippen molar-refractivity contribution in [3.05, 3.63) is 33.0 Å². The molecule has 0 atom stereocenters. The van der Waals surface area contributed by atoms with E-state index in [0.717, 1.165) is 20.0 Å². The van der Waals surface area contributed by atoms with Crippen LogP contribution in [0.2, 0.25) is 0 Å². The highest BCUT2D eigenvalue weighted by molar-refractivity contribution is 14.1. The van der Waals surface area contributed by atoms with Gasteiger partial charge in [-0.1, -0.05) is 6.07 Å². The number of nitrogens with one attached hydrogen (secondary N) is 1. The van der Waals surface area contributed by atoms with Crippen LogP contribution in [0, 0.1) is 10.5 Å². The molecular formula is C13H14IN3O2. The molecule has 0 bridgehead atoms. The molecule has 2 rings (SSSR count). The van der Waals surface area contributed by atoms with Gasteiger partial charge in [0.1, 0.15) is 5.56 Å². The summed E-state index contributed by atoms with van der Waals surface area (Å²) < 4.78 is 5.99. The van der Waals surface area contributed by atoms with Crippen LogP contribution in [0.4, 0.5) is 5.69 Å². The lowest BCUT2D eigenvalue weighted by molar-refractivity contribution is 0.0527. The summed E-state index contributed by atoms with van der Waals surface area (Å²) in [5.74, 6) is 5.15. The van der Waals surface area contributed by atoms with E-state index in [1.54, 1.807) is 6.92 Å². The minimum Gasteiger partial charge on any atom is -0.462 e. The first-order valence-corrected chi connectivity index (χ1v) is 6.89. The lowest BCUT2D eigenvalue weighted by Gasteiger charge is -2.13. The zero-order valence-corrected chi connectivity index (χ0v) is 12.8. The van der Waals surface area contributed by atoms with Crippen molar-refractivity contribution >= 4 is 45.2 Å². The molecule has 0 radical (unpaired) electrons. The number of hydrogen-bond donors (Lipinski definition) is 2. The number of ether oxygens (including phenoxy) is 1. The number of halogens is 1. The monoisotopic (exact) mass is 371 g/mol. The molecule has 0 fully saturated rings. The van der Waals surface area contributed by atoms with Gasteiger partial charge >= 0.3 is 5.97 Å². The van der Waals surface area contributed by atoms with Crippen LogP contribution < -0.4 is 11.3 Å². The quantitative estimate of drug-likeness (QED) is 0.375. The molecule has 2 aromatic rings. The molecule has 1 aromatic heterocycles. The number of benzene rings is 1. The van der Waals surface area contributed by atoms with Crippen LogP contribution in [0.1, 0.15) is 22.8 Å². The van der Waals surface area contributed by atoms with Crippen LogP contribution >= 0.6 is 22.6 Å². The van der Waals surface area contributed by atoms with Crippen molar-refractivity contribution in [3.63, 3.8) is 0 Å². The fourth-order valence-corrected chi connectivity index (χ4v) is 2.62.